The number of anilines is 1. The first-order chi connectivity index (χ1) is 12.0. The van der Waals surface area contributed by atoms with Crippen LogP contribution in [0.5, 0.6) is 0 Å². The summed E-state index contributed by atoms with van der Waals surface area (Å²) in [6.45, 7) is 7.27. The SMILES string of the molecule is Cc1cc(Cl)cc2sc(N(CCCn3ccnc3)C(=O)C(C)C)nc12. The lowest BCUT2D eigenvalue weighted by Gasteiger charge is -2.22. The third-order valence-corrected chi connectivity index (χ3v) is 5.23. The first-order valence-electron chi connectivity index (χ1n) is 8.29. The molecule has 25 heavy (non-hydrogen) atoms. The zero-order chi connectivity index (χ0) is 18.0. The van der Waals surface area contributed by atoms with Crippen LogP contribution in [0.25, 0.3) is 10.2 Å². The maximum atomic E-state index is 12.7. The van der Waals surface area contributed by atoms with E-state index in [2.05, 4.69) is 4.98 Å². The van der Waals surface area contributed by atoms with Gasteiger partial charge in [0.05, 0.1) is 16.5 Å². The molecule has 0 unspecified atom stereocenters. The lowest BCUT2D eigenvalue weighted by Crippen LogP contribution is -2.35. The van der Waals surface area contributed by atoms with Gasteiger partial charge in [-0.1, -0.05) is 36.8 Å². The van der Waals surface area contributed by atoms with Crippen LogP contribution in [-0.2, 0) is 11.3 Å². The van der Waals surface area contributed by atoms with E-state index in [-0.39, 0.29) is 11.8 Å². The van der Waals surface area contributed by atoms with E-state index in [4.69, 9.17) is 16.6 Å². The average Bonchev–Trinajstić information content (AvgIpc) is 3.20. The Labute approximate surface area is 156 Å². The molecule has 0 aliphatic rings. The number of hydrogen-bond donors (Lipinski definition) is 0. The van der Waals surface area contributed by atoms with Crippen LogP contribution in [-0.4, -0.2) is 27.0 Å². The molecular weight excluding hydrogens is 356 g/mol. The smallest absolute Gasteiger partial charge is 0.231 e. The molecule has 0 radical (unpaired) electrons. The fourth-order valence-electron chi connectivity index (χ4n) is 2.70. The summed E-state index contributed by atoms with van der Waals surface area (Å²) < 4.78 is 3.02. The van der Waals surface area contributed by atoms with Gasteiger partial charge < -0.3 is 4.57 Å². The van der Waals surface area contributed by atoms with Crippen molar-refractivity contribution in [3.63, 3.8) is 0 Å². The highest BCUT2D eigenvalue weighted by molar-refractivity contribution is 7.22. The predicted molar refractivity (Wildman–Crippen MR) is 103 cm³/mol. The second kappa shape index (κ2) is 7.54. The Morgan fingerprint density at radius 2 is 2.20 bits per heavy atom. The molecule has 132 valence electrons. The Balaban J connectivity index is 1.85. The van der Waals surface area contributed by atoms with Crippen molar-refractivity contribution < 1.29 is 4.79 Å². The molecular formula is C18H21ClN4OS. The quantitative estimate of drug-likeness (QED) is 0.634. The Morgan fingerprint density at radius 3 is 2.88 bits per heavy atom. The summed E-state index contributed by atoms with van der Waals surface area (Å²) in [5.41, 5.74) is 1.95. The van der Waals surface area contributed by atoms with E-state index < -0.39 is 0 Å². The Morgan fingerprint density at radius 1 is 1.40 bits per heavy atom. The monoisotopic (exact) mass is 376 g/mol. The minimum atomic E-state index is -0.0788. The molecule has 0 aliphatic carbocycles. The van der Waals surface area contributed by atoms with E-state index >= 15 is 0 Å². The number of nitrogens with zero attached hydrogens (tertiary/aromatic N) is 4. The molecule has 0 saturated carbocycles. The molecule has 7 heteroatoms. The zero-order valence-electron chi connectivity index (χ0n) is 14.6. The summed E-state index contributed by atoms with van der Waals surface area (Å²) in [4.78, 5) is 23.3. The maximum Gasteiger partial charge on any atom is 0.231 e. The zero-order valence-corrected chi connectivity index (χ0v) is 16.1. The van der Waals surface area contributed by atoms with Gasteiger partial charge in [0.2, 0.25) is 5.91 Å². The third kappa shape index (κ3) is 4.02. The van der Waals surface area contributed by atoms with Crippen molar-refractivity contribution in [1.82, 2.24) is 14.5 Å². The van der Waals surface area contributed by atoms with E-state index in [1.54, 1.807) is 17.4 Å². The number of halogens is 1. The van der Waals surface area contributed by atoms with Crippen LogP contribution < -0.4 is 4.90 Å². The standard InChI is InChI=1S/C18H21ClN4OS/c1-12(2)17(24)23(7-4-6-22-8-5-20-11-22)18-21-16-13(3)9-14(19)10-15(16)25-18/h5,8-12H,4,6-7H2,1-3H3. The van der Waals surface area contributed by atoms with Gasteiger partial charge in [0.15, 0.2) is 5.13 Å². The van der Waals surface area contributed by atoms with E-state index in [1.807, 2.05) is 43.7 Å². The van der Waals surface area contributed by atoms with E-state index in [0.717, 1.165) is 33.9 Å². The molecule has 5 nitrogen and oxygen atoms in total. The van der Waals surface area contributed by atoms with Gasteiger partial charge in [-0.3, -0.25) is 9.69 Å². The number of fused-ring (bicyclic) bond motifs is 1. The van der Waals surface area contributed by atoms with E-state index in [1.165, 1.54) is 11.3 Å². The van der Waals surface area contributed by atoms with Gasteiger partial charge in [0.1, 0.15) is 0 Å². The van der Waals surface area contributed by atoms with Gasteiger partial charge in [-0.2, -0.15) is 0 Å². The number of imidazole rings is 1. The van der Waals surface area contributed by atoms with Gasteiger partial charge in [-0.05, 0) is 31.0 Å². The van der Waals surface area contributed by atoms with Crippen molar-refractivity contribution in [1.29, 1.82) is 0 Å². The topological polar surface area (TPSA) is 51.0 Å². The fraction of sp³-hybridized carbons (Fsp3) is 0.389. The summed E-state index contributed by atoms with van der Waals surface area (Å²) in [5.74, 6) is 0.0124. The lowest BCUT2D eigenvalue weighted by molar-refractivity contribution is -0.121. The van der Waals surface area contributed by atoms with E-state index in [0.29, 0.717) is 11.6 Å². The number of hydrogen-bond acceptors (Lipinski definition) is 4. The molecule has 3 aromatic rings. The molecule has 3 rings (SSSR count). The van der Waals surface area contributed by atoms with Crippen molar-refractivity contribution in [2.45, 2.75) is 33.7 Å². The first-order valence-corrected chi connectivity index (χ1v) is 9.49. The molecule has 0 spiro atoms. The highest BCUT2D eigenvalue weighted by Crippen LogP contribution is 2.33. The first kappa shape index (κ1) is 17.9. The van der Waals surface area contributed by atoms with Crippen LogP contribution in [0.2, 0.25) is 5.02 Å². The largest absolute Gasteiger partial charge is 0.337 e. The molecule has 2 heterocycles. The summed E-state index contributed by atoms with van der Waals surface area (Å²) in [5, 5.41) is 1.44. The molecule has 1 aromatic carbocycles. The second-order valence-corrected chi connectivity index (χ2v) is 7.81. The molecule has 0 bridgehead atoms. The van der Waals surface area contributed by atoms with Crippen LogP contribution in [0.1, 0.15) is 25.8 Å². The summed E-state index contributed by atoms with van der Waals surface area (Å²) >= 11 is 7.67. The minimum absolute atomic E-state index is 0.0788. The molecule has 0 atom stereocenters. The van der Waals surface area contributed by atoms with Gasteiger partial charge >= 0.3 is 0 Å². The number of rotatable bonds is 6. The number of aromatic nitrogens is 3. The van der Waals surface area contributed by atoms with Crippen LogP contribution in [0.15, 0.2) is 30.9 Å². The maximum absolute atomic E-state index is 12.7. The van der Waals surface area contributed by atoms with Crippen LogP contribution in [0.3, 0.4) is 0 Å². The Kier molecular flexibility index (Phi) is 5.39. The van der Waals surface area contributed by atoms with Gasteiger partial charge in [0, 0.05) is 36.4 Å². The Bertz CT molecular complexity index is 873. The van der Waals surface area contributed by atoms with Crippen LogP contribution in [0.4, 0.5) is 5.13 Å². The van der Waals surface area contributed by atoms with Crippen LogP contribution >= 0.6 is 22.9 Å². The number of carbonyl (C=O) groups is 1. The number of benzene rings is 1. The number of carbonyl (C=O) groups excluding carboxylic acids is 1. The highest BCUT2D eigenvalue weighted by atomic mass is 35.5. The van der Waals surface area contributed by atoms with Crippen molar-refractivity contribution in [3.8, 4) is 0 Å². The molecule has 0 aliphatic heterocycles. The van der Waals surface area contributed by atoms with Crippen LogP contribution in [0, 0.1) is 12.8 Å². The average molecular weight is 377 g/mol. The van der Waals surface area contributed by atoms with Gasteiger partial charge in [-0.25, -0.2) is 9.97 Å². The highest BCUT2D eigenvalue weighted by Gasteiger charge is 2.22. The number of amides is 1. The van der Waals surface area contributed by atoms with Crippen molar-refractivity contribution in [3.05, 3.63) is 41.4 Å². The molecule has 1 amide bonds. The number of aryl methyl sites for hydroxylation is 2. The van der Waals surface area contributed by atoms with Crippen molar-refractivity contribution >= 4 is 44.2 Å². The summed E-state index contributed by atoms with van der Waals surface area (Å²) in [6, 6.07) is 3.82. The van der Waals surface area contributed by atoms with Gasteiger partial charge in [0.25, 0.3) is 0 Å². The Hall–Kier alpha value is -1.92. The van der Waals surface area contributed by atoms with Gasteiger partial charge in [-0.15, -0.1) is 0 Å². The van der Waals surface area contributed by atoms with E-state index in [9.17, 15) is 4.79 Å². The third-order valence-electron chi connectivity index (χ3n) is 3.99. The second-order valence-electron chi connectivity index (χ2n) is 6.36. The lowest BCUT2D eigenvalue weighted by atomic mass is 10.2. The molecule has 0 fully saturated rings. The molecule has 0 N–H and O–H groups in total. The minimum Gasteiger partial charge on any atom is -0.337 e. The summed E-state index contributed by atoms with van der Waals surface area (Å²) in [6.07, 6.45) is 6.32. The summed E-state index contributed by atoms with van der Waals surface area (Å²) in [7, 11) is 0. The normalized spacial score (nSPS) is 11.4. The van der Waals surface area contributed by atoms with Crippen molar-refractivity contribution in [2.75, 3.05) is 11.4 Å². The fourth-order valence-corrected chi connectivity index (χ4v) is 4.15. The molecule has 2 aromatic heterocycles. The number of thiazole rings is 1. The van der Waals surface area contributed by atoms with Crippen molar-refractivity contribution in [2.24, 2.45) is 5.92 Å². The molecule has 0 saturated heterocycles. The predicted octanol–water partition coefficient (Wildman–Crippen LogP) is 4.53.